The van der Waals surface area contributed by atoms with Gasteiger partial charge in [-0.3, -0.25) is 4.79 Å². The molecule has 0 aromatic heterocycles. The lowest BCUT2D eigenvalue weighted by molar-refractivity contribution is -0.147. The number of carbonyl (C=O) groups excluding carboxylic acids is 1. The first kappa shape index (κ1) is 13.3. The van der Waals surface area contributed by atoms with E-state index in [-0.39, 0.29) is 12.1 Å². The lowest BCUT2D eigenvalue weighted by Crippen LogP contribution is -2.09. The summed E-state index contributed by atoms with van der Waals surface area (Å²) in [6.45, 7) is 1.46. The molecule has 19 heavy (non-hydrogen) atoms. The molecular weight excluding hydrogens is 236 g/mol. The van der Waals surface area contributed by atoms with Crippen molar-refractivity contribution in [2.75, 3.05) is 0 Å². The first-order valence-corrected chi connectivity index (χ1v) is 6.52. The van der Waals surface area contributed by atoms with E-state index < -0.39 is 0 Å². The zero-order valence-electron chi connectivity index (χ0n) is 11.1. The highest BCUT2D eigenvalue weighted by Gasteiger charge is 2.14. The molecule has 1 atom stereocenters. The minimum atomic E-state index is -0.234. The van der Waals surface area contributed by atoms with Crippen molar-refractivity contribution in [2.24, 2.45) is 0 Å². The summed E-state index contributed by atoms with van der Waals surface area (Å²) in [5.74, 6) is -0.234. The van der Waals surface area contributed by atoms with Crippen molar-refractivity contribution in [2.45, 2.75) is 25.9 Å². The largest absolute Gasteiger partial charge is 0.458 e. The quantitative estimate of drug-likeness (QED) is 0.756. The Morgan fingerprint density at radius 3 is 2.16 bits per heavy atom. The van der Waals surface area contributed by atoms with Gasteiger partial charge >= 0.3 is 5.97 Å². The third kappa shape index (κ3) is 4.25. The van der Waals surface area contributed by atoms with Crippen LogP contribution >= 0.6 is 0 Å². The van der Waals surface area contributed by atoms with E-state index in [0.717, 1.165) is 18.4 Å². The first-order valence-electron chi connectivity index (χ1n) is 6.52. The second-order valence-corrected chi connectivity index (χ2v) is 4.53. The number of hydrogen-bond donors (Lipinski definition) is 0. The van der Waals surface area contributed by atoms with E-state index in [1.165, 1.54) is 12.5 Å². The molecule has 0 spiro atoms. The van der Waals surface area contributed by atoms with Gasteiger partial charge in [0.1, 0.15) is 6.10 Å². The maximum atomic E-state index is 11.2. The molecule has 2 heteroatoms. The Hall–Kier alpha value is -2.09. The van der Waals surface area contributed by atoms with Gasteiger partial charge in [0.2, 0.25) is 0 Å². The molecule has 98 valence electrons. The van der Waals surface area contributed by atoms with E-state index in [9.17, 15) is 4.79 Å². The molecule has 0 N–H and O–H groups in total. The highest BCUT2D eigenvalue weighted by molar-refractivity contribution is 5.66. The molecule has 2 aromatic carbocycles. The molecule has 0 amide bonds. The van der Waals surface area contributed by atoms with Crippen LogP contribution in [0.4, 0.5) is 0 Å². The predicted molar refractivity (Wildman–Crippen MR) is 75.7 cm³/mol. The SMILES string of the molecule is CC(=O)OC(CCc1ccccc1)c1ccccc1. The van der Waals surface area contributed by atoms with Gasteiger partial charge in [-0.05, 0) is 24.0 Å². The molecule has 0 aliphatic carbocycles. The van der Waals surface area contributed by atoms with Crippen LogP contribution < -0.4 is 0 Å². The molecule has 0 fully saturated rings. The number of ether oxygens (including phenoxy) is 1. The van der Waals surface area contributed by atoms with Gasteiger partial charge in [-0.15, -0.1) is 0 Å². The molecule has 0 heterocycles. The Bertz CT molecular complexity index is 505. The summed E-state index contributed by atoms with van der Waals surface area (Å²) in [7, 11) is 0. The van der Waals surface area contributed by atoms with Crippen molar-refractivity contribution in [1.29, 1.82) is 0 Å². The Labute approximate surface area is 114 Å². The zero-order chi connectivity index (χ0) is 13.5. The van der Waals surface area contributed by atoms with Crippen LogP contribution in [-0.4, -0.2) is 5.97 Å². The van der Waals surface area contributed by atoms with Gasteiger partial charge in [-0.25, -0.2) is 0 Å². The number of esters is 1. The number of rotatable bonds is 5. The fourth-order valence-corrected chi connectivity index (χ4v) is 2.10. The van der Waals surface area contributed by atoms with E-state index >= 15 is 0 Å². The van der Waals surface area contributed by atoms with Crippen molar-refractivity contribution in [3.05, 3.63) is 71.8 Å². The van der Waals surface area contributed by atoms with Crippen LogP contribution in [0, 0.1) is 0 Å². The third-order valence-electron chi connectivity index (χ3n) is 3.02. The van der Waals surface area contributed by atoms with Gasteiger partial charge in [-0.1, -0.05) is 60.7 Å². The molecule has 0 saturated heterocycles. The monoisotopic (exact) mass is 254 g/mol. The second-order valence-electron chi connectivity index (χ2n) is 4.53. The summed E-state index contributed by atoms with van der Waals surface area (Å²) in [6.07, 6.45) is 1.53. The molecule has 0 bridgehead atoms. The third-order valence-corrected chi connectivity index (χ3v) is 3.02. The summed E-state index contributed by atoms with van der Waals surface area (Å²) >= 11 is 0. The van der Waals surface area contributed by atoms with Crippen molar-refractivity contribution in [3.63, 3.8) is 0 Å². The van der Waals surface area contributed by atoms with Crippen LogP contribution in [0.15, 0.2) is 60.7 Å². The Kier molecular flexibility index (Phi) is 4.73. The number of carbonyl (C=O) groups is 1. The molecule has 2 aromatic rings. The van der Waals surface area contributed by atoms with Crippen molar-refractivity contribution in [3.8, 4) is 0 Å². The van der Waals surface area contributed by atoms with Crippen molar-refractivity contribution in [1.82, 2.24) is 0 Å². The molecule has 0 aliphatic heterocycles. The number of hydrogen-bond acceptors (Lipinski definition) is 2. The van der Waals surface area contributed by atoms with Crippen LogP contribution in [0.1, 0.15) is 30.6 Å². The summed E-state index contributed by atoms with van der Waals surface area (Å²) < 4.78 is 5.42. The molecule has 0 aliphatic rings. The van der Waals surface area contributed by atoms with Crippen molar-refractivity contribution < 1.29 is 9.53 Å². The lowest BCUT2D eigenvalue weighted by atomic mass is 10.0. The fraction of sp³-hybridized carbons (Fsp3) is 0.235. The maximum Gasteiger partial charge on any atom is 0.303 e. The highest BCUT2D eigenvalue weighted by Crippen LogP contribution is 2.23. The maximum absolute atomic E-state index is 11.2. The van der Waals surface area contributed by atoms with Crippen LogP contribution in [0.2, 0.25) is 0 Å². The molecular formula is C17H18O2. The standard InChI is InChI=1S/C17H18O2/c1-14(18)19-17(16-10-6-3-7-11-16)13-12-15-8-4-2-5-9-15/h2-11,17H,12-13H2,1H3. The summed E-state index contributed by atoms with van der Waals surface area (Å²) in [4.78, 5) is 11.2. The van der Waals surface area contributed by atoms with Crippen LogP contribution in [0.25, 0.3) is 0 Å². The average molecular weight is 254 g/mol. The van der Waals surface area contributed by atoms with Crippen LogP contribution in [0.5, 0.6) is 0 Å². The Balaban J connectivity index is 2.04. The lowest BCUT2D eigenvalue weighted by Gasteiger charge is -2.17. The predicted octanol–water partition coefficient (Wildman–Crippen LogP) is 3.92. The van der Waals surface area contributed by atoms with Gasteiger partial charge in [0, 0.05) is 6.92 Å². The summed E-state index contributed by atoms with van der Waals surface area (Å²) in [6, 6.07) is 20.1. The topological polar surface area (TPSA) is 26.3 Å². The van der Waals surface area contributed by atoms with Crippen LogP contribution in [-0.2, 0) is 16.0 Å². The minimum absolute atomic E-state index is 0.168. The minimum Gasteiger partial charge on any atom is -0.458 e. The van der Waals surface area contributed by atoms with Gasteiger partial charge in [-0.2, -0.15) is 0 Å². The molecule has 2 nitrogen and oxygen atoms in total. The highest BCUT2D eigenvalue weighted by atomic mass is 16.5. The smallest absolute Gasteiger partial charge is 0.303 e. The Morgan fingerprint density at radius 1 is 1.00 bits per heavy atom. The number of benzene rings is 2. The summed E-state index contributed by atoms with van der Waals surface area (Å²) in [5.41, 5.74) is 2.31. The van der Waals surface area contributed by atoms with E-state index in [4.69, 9.17) is 4.74 Å². The van der Waals surface area contributed by atoms with E-state index in [1.807, 2.05) is 48.5 Å². The van der Waals surface area contributed by atoms with E-state index in [0.29, 0.717) is 0 Å². The molecule has 2 rings (SSSR count). The van der Waals surface area contributed by atoms with Gasteiger partial charge in [0.25, 0.3) is 0 Å². The fourth-order valence-electron chi connectivity index (χ4n) is 2.10. The van der Waals surface area contributed by atoms with Crippen molar-refractivity contribution >= 4 is 5.97 Å². The molecule has 1 unspecified atom stereocenters. The molecule has 0 radical (unpaired) electrons. The normalized spacial score (nSPS) is 11.8. The molecule has 0 saturated carbocycles. The van der Waals surface area contributed by atoms with Gasteiger partial charge in [0.15, 0.2) is 0 Å². The summed E-state index contributed by atoms with van der Waals surface area (Å²) in [5, 5.41) is 0. The second kappa shape index (κ2) is 6.74. The number of aryl methyl sites for hydroxylation is 1. The first-order chi connectivity index (χ1) is 9.25. The van der Waals surface area contributed by atoms with E-state index in [1.54, 1.807) is 0 Å². The Morgan fingerprint density at radius 2 is 1.58 bits per heavy atom. The van der Waals surface area contributed by atoms with E-state index in [2.05, 4.69) is 12.1 Å². The zero-order valence-corrected chi connectivity index (χ0v) is 11.1. The van der Waals surface area contributed by atoms with Gasteiger partial charge in [0.05, 0.1) is 0 Å². The average Bonchev–Trinajstić information content (AvgIpc) is 2.45. The van der Waals surface area contributed by atoms with Crippen LogP contribution in [0.3, 0.4) is 0 Å². The van der Waals surface area contributed by atoms with Gasteiger partial charge < -0.3 is 4.74 Å².